The van der Waals surface area contributed by atoms with E-state index in [4.69, 9.17) is 5.26 Å². The van der Waals surface area contributed by atoms with Crippen LogP contribution in [0.1, 0.15) is 12.8 Å². The van der Waals surface area contributed by atoms with E-state index in [1.807, 2.05) is 28.8 Å². The molecule has 11 heteroatoms. The SMILES string of the molecule is N#CCCn1c(SCC(=O)NC(=O)N[C@@H]2CCS(=O)(=O)C2)nc2ccccc21. The number of sulfone groups is 1. The minimum Gasteiger partial charge on any atom is -0.334 e. The van der Waals surface area contributed by atoms with Crippen molar-refractivity contribution >= 4 is 44.6 Å². The second kappa shape index (κ2) is 8.62. The molecular formula is C17H19N5O4S2. The van der Waals surface area contributed by atoms with Gasteiger partial charge in [0.1, 0.15) is 0 Å². The molecule has 0 aliphatic carbocycles. The second-order valence-electron chi connectivity index (χ2n) is 6.35. The fourth-order valence-corrected chi connectivity index (χ4v) is 5.48. The minimum absolute atomic E-state index is 0.0355. The highest BCUT2D eigenvalue weighted by molar-refractivity contribution is 7.99. The zero-order valence-corrected chi connectivity index (χ0v) is 16.6. The Labute approximate surface area is 166 Å². The largest absolute Gasteiger partial charge is 0.334 e. The number of rotatable bonds is 6. The molecule has 1 aliphatic rings. The Kier molecular flexibility index (Phi) is 6.21. The van der Waals surface area contributed by atoms with Crippen LogP contribution in [0.5, 0.6) is 0 Å². The van der Waals surface area contributed by atoms with E-state index in [1.165, 1.54) is 11.8 Å². The van der Waals surface area contributed by atoms with Gasteiger partial charge in [-0.3, -0.25) is 10.1 Å². The lowest BCUT2D eigenvalue weighted by Crippen LogP contribution is -2.45. The van der Waals surface area contributed by atoms with Crippen LogP contribution < -0.4 is 10.6 Å². The number of hydrogen-bond acceptors (Lipinski definition) is 7. The smallest absolute Gasteiger partial charge is 0.321 e. The number of nitriles is 1. The molecule has 1 aromatic carbocycles. The second-order valence-corrected chi connectivity index (χ2v) is 9.52. The number of amides is 3. The predicted molar refractivity (Wildman–Crippen MR) is 104 cm³/mol. The first kappa shape index (κ1) is 20.2. The first-order valence-electron chi connectivity index (χ1n) is 8.64. The number of nitrogens with one attached hydrogen (secondary N) is 2. The quantitative estimate of drug-likeness (QED) is 0.666. The van der Waals surface area contributed by atoms with Crippen LogP contribution >= 0.6 is 11.8 Å². The van der Waals surface area contributed by atoms with Crippen LogP contribution in [0, 0.1) is 11.3 Å². The van der Waals surface area contributed by atoms with E-state index in [1.54, 1.807) is 0 Å². The van der Waals surface area contributed by atoms with Gasteiger partial charge in [-0.1, -0.05) is 23.9 Å². The summed E-state index contributed by atoms with van der Waals surface area (Å²) in [5.74, 6) is -0.610. The first-order valence-corrected chi connectivity index (χ1v) is 11.4. The van der Waals surface area contributed by atoms with Crippen molar-refractivity contribution in [2.45, 2.75) is 30.6 Å². The highest BCUT2D eigenvalue weighted by Gasteiger charge is 2.29. The Morgan fingerprint density at radius 3 is 2.86 bits per heavy atom. The molecule has 0 bridgehead atoms. The molecule has 0 unspecified atom stereocenters. The van der Waals surface area contributed by atoms with E-state index in [2.05, 4.69) is 21.7 Å². The summed E-state index contributed by atoms with van der Waals surface area (Å²) in [6.07, 6.45) is 0.661. The average molecular weight is 422 g/mol. The fourth-order valence-electron chi connectivity index (χ4n) is 2.96. The number of carbonyl (C=O) groups is 2. The Hall–Kier alpha value is -2.58. The number of aryl methyl sites for hydroxylation is 1. The third kappa shape index (κ3) is 5.02. The minimum atomic E-state index is -3.11. The number of para-hydroxylation sites is 2. The molecule has 1 saturated heterocycles. The van der Waals surface area contributed by atoms with Crippen molar-refractivity contribution in [1.29, 1.82) is 5.26 Å². The average Bonchev–Trinajstić information content (AvgIpc) is 3.17. The topological polar surface area (TPSA) is 134 Å². The third-order valence-corrected chi connectivity index (χ3v) is 6.96. The van der Waals surface area contributed by atoms with Crippen LogP contribution in [-0.2, 0) is 21.2 Å². The van der Waals surface area contributed by atoms with Crippen LogP contribution in [0.2, 0.25) is 0 Å². The molecule has 1 aromatic heterocycles. The highest BCUT2D eigenvalue weighted by Crippen LogP contribution is 2.24. The Bertz CT molecular complexity index is 1040. The van der Waals surface area contributed by atoms with Gasteiger partial charge in [-0.15, -0.1) is 0 Å². The van der Waals surface area contributed by atoms with Crippen molar-refractivity contribution in [3.63, 3.8) is 0 Å². The Balaban J connectivity index is 1.57. The molecule has 3 amide bonds. The van der Waals surface area contributed by atoms with Crippen molar-refractivity contribution in [3.8, 4) is 6.07 Å². The van der Waals surface area contributed by atoms with Gasteiger partial charge >= 0.3 is 6.03 Å². The summed E-state index contributed by atoms with van der Waals surface area (Å²) in [4.78, 5) is 28.4. The lowest BCUT2D eigenvalue weighted by molar-refractivity contribution is -0.117. The zero-order valence-electron chi connectivity index (χ0n) is 14.9. The summed E-state index contributed by atoms with van der Waals surface area (Å²) in [6.45, 7) is 0.456. The van der Waals surface area contributed by atoms with E-state index in [0.717, 1.165) is 11.0 Å². The molecule has 28 heavy (non-hydrogen) atoms. The van der Waals surface area contributed by atoms with Gasteiger partial charge in [0.15, 0.2) is 15.0 Å². The third-order valence-electron chi connectivity index (χ3n) is 4.22. The van der Waals surface area contributed by atoms with Gasteiger partial charge in [-0.25, -0.2) is 18.2 Å². The summed E-state index contributed by atoms with van der Waals surface area (Å²) >= 11 is 1.17. The molecule has 0 radical (unpaired) electrons. The number of imide groups is 1. The van der Waals surface area contributed by atoms with Crippen molar-refractivity contribution in [2.24, 2.45) is 0 Å². The van der Waals surface area contributed by atoms with Gasteiger partial charge in [-0.2, -0.15) is 5.26 Å². The summed E-state index contributed by atoms with van der Waals surface area (Å²) in [7, 11) is -3.11. The van der Waals surface area contributed by atoms with Gasteiger partial charge in [-0.05, 0) is 18.6 Å². The van der Waals surface area contributed by atoms with E-state index in [0.29, 0.717) is 24.5 Å². The van der Waals surface area contributed by atoms with Gasteiger partial charge < -0.3 is 9.88 Å². The number of aromatic nitrogens is 2. The van der Waals surface area contributed by atoms with E-state index in [9.17, 15) is 18.0 Å². The standard InChI is InChI=1S/C17H19N5O4S2/c18-7-3-8-22-14-5-2-1-4-13(14)20-17(22)27-10-15(23)21-16(24)19-12-6-9-28(25,26)11-12/h1-2,4-5,12H,3,6,8-11H2,(H2,19,21,23,24)/t12-/m1/s1. The lowest BCUT2D eigenvalue weighted by atomic mass is 10.3. The van der Waals surface area contributed by atoms with Crippen LogP contribution in [-0.4, -0.2) is 53.2 Å². The highest BCUT2D eigenvalue weighted by atomic mass is 32.2. The molecule has 0 saturated carbocycles. The lowest BCUT2D eigenvalue weighted by Gasteiger charge is -2.11. The van der Waals surface area contributed by atoms with E-state index < -0.39 is 27.8 Å². The molecule has 1 atom stereocenters. The van der Waals surface area contributed by atoms with E-state index in [-0.39, 0.29) is 17.3 Å². The number of fused-ring (bicyclic) bond motifs is 1. The number of imidazole rings is 1. The normalized spacial score (nSPS) is 17.9. The number of carbonyl (C=O) groups excluding carboxylic acids is 2. The van der Waals surface area contributed by atoms with Gasteiger partial charge in [0.25, 0.3) is 0 Å². The van der Waals surface area contributed by atoms with Crippen molar-refractivity contribution < 1.29 is 18.0 Å². The van der Waals surface area contributed by atoms with Crippen LogP contribution in [0.3, 0.4) is 0 Å². The van der Waals surface area contributed by atoms with Crippen molar-refractivity contribution in [3.05, 3.63) is 24.3 Å². The maximum atomic E-state index is 12.1. The fraction of sp³-hybridized carbons (Fsp3) is 0.412. The molecule has 1 fully saturated rings. The van der Waals surface area contributed by atoms with Crippen LogP contribution in [0.15, 0.2) is 29.4 Å². The maximum absolute atomic E-state index is 12.1. The van der Waals surface area contributed by atoms with Crippen molar-refractivity contribution in [2.75, 3.05) is 17.3 Å². The molecule has 3 rings (SSSR count). The van der Waals surface area contributed by atoms with Gasteiger partial charge in [0, 0.05) is 12.6 Å². The molecule has 1 aliphatic heterocycles. The predicted octanol–water partition coefficient (Wildman–Crippen LogP) is 1.05. The molecule has 2 aromatic rings. The molecule has 0 spiro atoms. The summed E-state index contributed by atoms with van der Waals surface area (Å²) in [5.41, 5.74) is 1.64. The molecule has 2 heterocycles. The van der Waals surface area contributed by atoms with Crippen molar-refractivity contribution in [1.82, 2.24) is 20.2 Å². The Morgan fingerprint density at radius 1 is 1.36 bits per heavy atom. The number of benzene rings is 1. The summed E-state index contributed by atoms with van der Waals surface area (Å²) in [5, 5.41) is 14.2. The molecule has 9 nitrogen and oxygen atoms in total. The number of thioether (sulfide) groups is 1. The maximum Gasteiger partial charge on any atom is 0.321 e. The first-order chi connectivity index (χ1) is 13.4. The monoisotopic (exact) mass is 421 g/mol. The molecule has 148 valence electrons. The summed E-state index contributed by atoms with van der Waals surface area (Å²) in [6, 6.07) is 8.41. The van der Waals surface area contributed by atoms with Gasteiger partial charge in [0.2, 0.25) is 5.91 Å². The van der Waals surface area contributed by atoms with Gasteiger partial charge in [0.05, 0.1) is 40.8 Å². The van der Waals surface area contributed by atoms with Crippen LogP contribution in [0.4, 0.5) is 4.79 Å². The summed E-state index contributed by atoms with van der Waals surface area (Å²) < 4.78 is 24.7. The molecule has 2 N–H and O–H groups in total. The Morgan fingerprint density at radius 2 is 2.14 bits per heavy atom. The molecular weight excluding hydrogens is 402 g/mol. The number of urea groups is 1. The number of nitrogens with zero attached hydrogens (tertiary/aromatic N) is 3. The zero-order chi connectivity index (χ0) is 20.1. The van der Waals surface area contributed by atoms with Crippen LogP contribution in [0.25, 0.3) is 11.0 Å². The van der Waals surface area contributed by atoms with E-state index >= 15 is 0 Å². The number of hydrogen-bond donors (Lipinski definition) is 2.